The number of aromatic amines is 1. The zero-order valence-corrected chi connectivity index (χ0v) is 16.5. The number of benzene rings is 1. The number of aromatic hydroxyl groups is 2. The number of phenolic OH excluding ortho intramolecular Hbond substituents is 2. The Morgan fingerprint density at radius 3 is 2.33 bits per heavy atom. The Kier molecular flexibility index (Phi) is 8.72. The first-order chi connectivity index (χ1) is 12.8. The summed E-state index contributed by atoms with van der Waals surface area (Å²) in [6.07, 6.45) is 6.04. The molecule has 146 valence electrons. The van der Waals surface area contributed by atoms with Gasteiger partial charge in [0.15, 0.2) is 5.76 Å². The van der Waals surface area contributed by atoms with Crippen LogP contribution >= 0.6 is 0 Å². The summed E-state index contributed by atoms with van der Waals surface area (Å²) in [6, 6.07) is 4.89. The van der Waals surface area contributed by atoms with Crippen LogP contribution in [0.4, 0.5) is 0 Å². The highest BCUT2D eigenvalue weighted by Crippen LogP contribution is 2.33. The van der Waals surface area contributed by atoms with E-state index < -0.39 is 0 Å². The standard InChI is InChI=1S/C11H12N2O2.C10H16O2/c1-2-7-5-8(9-3-4-12-13-9)11(15)6-10(7)14;1-8(2)6-7-10(12-5)9(3)11-4/h3-6,14-15H,2H2,1H3,(H,12,13);6-7H,1H2,2-5H3/b;7-6-,10-9-. The number of rotatable bonds is 6. The number of nitrogens with zero attached hydrogens (tertiary/aromatic N) is 1. The molecule has 0 radical (unpaired) electrons. The molecule has 0 spiro atoms. The van der Waals surface area contributed by atoms with Gasteiger partial charge >= 0.3 is 0 Å². The Hall–Kier alpha value is -3.15. The molecule has 0 saturated carbocycles. The second kappa shape index (κ2) is 10.8. The van der Waals surface area contributed by atoms with E-state index in [0.29, 0.717) is 12.0 Å². The molecule has 0 aliphatic carbocycles. The number of hydrogen-bond donors (Lipinski definition) is 3. The van der Waals surface area contributed by atoms with Crippen molar-refractivity contribution < 1.29 is 19.7 Å². The summed E-state index contributed by atoms with van der Waals surface area (Å²) in [5, 5.41) is 25.8. The Morgan fingerprint density at radius 2 is 1.85 bits per heavy atom. The highest BCUT2D eigenvalue weighted by Gasteiger charge is 2.10. The molecule has 1 aromatic carbocycles. The summed E-state index contributed by atoms with van der Waals surface area (Å²) in [6.45, 7) is 9.46. The molecule has 1 heterocycles. The third-order valence-electron chi connectivity index (χ3n) is 3.76. The molecule has 0 unspecified atom stereocenters. The number of H-pyrrole nitrogens is 1. The molecule has 2 rings (SSSR count). The molecule has 2 aromatic rings. The van der Waals surface area contributed by atoms with Crippen molar-refractivity contribution in [3.8, 4) is 22.8 Å². The van der Waals surface area contributed by atoms with Crippen LogP contribution in [0.25, 0.3) is 11.3 Å². The number of methoxy groups -OCH3 is 2. The van der Waals surface area contributed by atoms with E-state index in [1.54, 1.807) is 32.5 Å². The monoisotopic (exact) mass is 372 g/mol. The topological polar surface area (TPSA) is 87.6 Å². The van der Waals surface area contributed by atoms with Gasteiger partial charge in [0.2, 0.25) is 0 Å². The molecular weight excluding hydrogens is 344 g/mol. The molecule has 0 amide bonds. The van der Waals surface area contributed by atoms with Crippen molar-refractivity contribution in [2.75, 3.05) is 14.2 Å². The van der Waals surface area contributed by atoms with Crippen molar-refractivity contribution >= 4 is 0 Å². The zero-order valence-electron chi connectivity index (χ0n) is 16.5. The van der Waals surface area contributed by atoms with E-state index in [0.717, 1.165) is 28.3 Å². The molecule has 6 nitrogen and oxygen atoms in total. The average Bonchev–Trinajstić information content (AvgIpc) is 3.16. The summed E-state index contributed by atoms with van der Waals surface area (Å²) in [5.41, 5.74) is 3.18. The van der Waals surface area contributed by atoms with Gasteiger partial charge in [-0.15, -0.1) is 0 Å². The van der Waals surface area contributed by atoms with Gasteiger partial charge in [-0.2, -0.15) is 5.10 Å². The lowest BCUT2D eigenvalue weighted by Crippen LogP contribution is -1.90. The number of nitrogens with one attached hydrogen (secondary N) is 1. The van der Waals surface area contributed by atoms with Crippen LogP contribution in [0.5, 0.6) is 11.5 Å². The molecule has 0 saturated heterocycles. The summed E-state index contributed by atoms with van der Waals surface area (Å²) in [7, 11) is 3.23. The van der Waals surface area contributed by atoms with Gasteiger partial charge in [0.05, 0.1) is 19.9 Å². The predicted molar refractivity (Wildman–Crippen MR) is 107 cm³/mol. The highest BCUT2D eigenvalue weighted by molar-refractivity contribution is 5.69. The number of aryl methyl sites for hydroxylation is 1. The Morgan fingerprint density at radius 1 is 1.15 bits per heavy atom. The van der Waals surface area contributed by atoms with E-state index in [2.05, 4.69) is 16.8 Å². The van der Waals surface area contributed by atoms with Crippen LogP contribution in [0.15, 0.2) is 60.2 Å². The van der Waals surface area contributed by atoms with Crippen LogP contribution in [0, 0.1) is 0 Å². The first kappa shape index (κ1) is 21.9. The number of hydrogen-bond acceptors (Lipinski definition) is 5. The largest absolute Gasteiger partial charge is 0.508 e. The van der Waals surface area contributed by atoms with Crippen LogP contribution in [0.2, 0.25) is 0 Å². The molecule has 6 heteroatoms. The third kappa shape index (κ3) is 6.58. The van der Waals surface area contributed by atoms with Crippen LogP contribution in [-0.2, 0) is 15.9 Å². The maximum absolute atomic E-state index is 9.68. The molecule has 0 bridgehead atoms. The minimum Gasteiger partial charge on any atom is -0.508 e. The smallest absolute Gasteiger partial charge is 0.156 e. The second-order valence-electron chi connectivity index (χ2n) is 5.83. The number of ether oxygens (including phenoxy) is 2. The Bertz CT molecular complexity index is 806. The minimum absolute atomic E-state index is 0.0500. The van der Waals surface area contributed by atoms with Gasteiger partial charge in [0, 0.05) is 17.8 Å². The SMILES string of the molecule is C=C(C)/C=C\C(OC)=C(/C)OC.CCc1cc(-c2ccn[nH]2)c(O)cc1O. The second-order valence-corrected chi connectivity index (χ2v) is 5.83. The van der Waals surface area contributed by atoms with Crippen LogP contribution in [-0.4, -0.2) is 34.6 Å². The van der Waals surface area contributed by atoms with Crippen molar-refractivity contribution in [3.63, 3.8) is 0 Å². The molecule has 0 fully saturated rings. The van der Waals surface area contributed by atoms with E-state index in [4.69, 9.17) is 9.47 Å². The zero-order chi connectivity index (χ0) is 20.4. The van der Waals surface area contributed by atoms with Gasteiger partial charge in [0.25, 0.3) is 0 Å². The van der Waals surface area contributed by atoms with Crippen LogP contribution in [0.1, 0.15) is 26.3 Å². The summed E-state index contributed by atoms with van der Waals surface area (Å²) in [4.78, 5) is 0. The molecule has 0 aliphatic rings. The lowest BCUT2D eigenvalue weighted by molar-refractivity contribution is 0.232. The van der Waals surface area contributed by atoms with E-state index in [1.807, 2.05) is 32.9 Å². The molecular formula is C21H28N2O4. The number of aromatic nitrogens is 2. The highest BCUT2D eigenvalue weighted by atomic mass is 16.5. The quantitative estimate of drug-likeness (QED) is 0.506. The van der Waals surface area contributed by atoms with E-state index in [-0.39, 0.29) is 11.5 Å². The first-order valence-corrected chi connectivity index (χ1v) is 8.51. The van der Waals surface area contributed by atoms with Gasteiger partial charge < -0.3 is 19.7 Å². The minimum atomic E-state index is 0.0500. The lowest BCUT2D eigenvalue weighted by Gasteiger charge is -2.07. The predicted octanol–water partition coefficient (Wildman–Crippen LogP) is 4.69. The fourth-order valence-corrected chi connectivity index (χ4v) is 2.17. The van der Waals surface area contributed by atoms with Gasteiger partial charge in [-0.05, 0) is 44.0 Å². The van der Waals surface area contributed by atoms with Gasteiger partial charge in [-0.3, -0.25) is 5.10 Å². The van der Waals surface area contributed by atoms with Crippen molar-refractivity contribution in [1.82, 2.24) is 10.2 Å². The molecule has 0 atom stereocenters. The van der Waals surface area contributed by atoms with Crippen LogP contribution in [0.3, 0.4) is 0 Å². The van der Waals surface area contributed by atoms with Gasteiger partial charge in [-0.25, -0.2) is 0 Å². The molecule has 0 aliphatic heterocycles. The Balaban J connectivity index is 0.000000279. The van der Waals surface area contributed by atoms with Crippen LogP contribution < -0.4 is 0 Å². The van der Waals surface area contributed by atoms with Crippen molar-refractivity contribution in [2.24, 2.45) is 0 Å². The average molecular weight is 372 g/mol. The lowest BCUT2D eigenvalue weighted by atomic mass is 10.0. The summed E-state index contributed by atoms with van der Waals surface area (Å²) < 4.78 is 10.1. The van der Waals surface area contributed by atoms with Crippen molar-refractivity contribution in [2.45, 2.75) is 27.2 Å². The third-order valence-corrected chi connectivity index (χ3v) is 3.76. The normalized spacial score (nSPS) is 11.4. The number of allylic oxidation sites excluding steroid dienone is 4. The number of phenols is 2. The van der Waals surface area contributed by atoms with E-state index in [9.17, 15) is 10.2 Å². The maximum atomic E-state index is 9.68. The first-order valence-electron chi connectivity index (χ1n) is 8.51. The van der Waals surface area contributed by atoms with Gasteiger partial charge in [-0.1, -0.05) is 25.2 Å². The fraction of sp³-hybridized carbons (Fsp3) is 0.286. The van der Waals surface area contributed by atoms with E-state index >= 15 is 0 Å². The maximum Gasteiger partial charge on any atom is 0.156 e. The molecule has 27 heavy (non-hydrogen) atoms. The molecule has 1 aromatic heterocycles. The fourth-order valence-electron chi connectivity index (χ4n) is 2.17. The summed E-state index contributed by atoms with van der Waals surface area (Å²) >= 11 is 0. The molecule has 3 N–H and O–H groups in total. The summed E-state index contributed by atoms with van der Waals surface area (Å²) in [5.74, 6) is 1.66. The Labute approximate surface area is 160 Å². The van der Waals surface area contributed by atoms with Crippen molar-refractivity contribution in [3.05, 3.63) is 65.8 Å². The van der Waals surface area contributed by atoms with Crippen molar-refractivity contribution in [1.29, 1.82) is 0 Å². The van der Waals surface area contributed by atoms with Gasteiger partial charge in [0.1, 0.15) is 17.3 Å². The van der Waals surface area contributed by atoms with E-state index in [1.165, 1.54) is 6.07 Å².